The molecule has 0 atom stereocenters. The van der Waals surface area contributed by atoms with Crippen LogP contribution in [0.1, 0.15) is 41.0 Å². The molecule has 7 heteroatoms. The first-order valence-corrected chi connectivity index (χ1v) is 13.5. The van der Waals surface area contributed by atoms with Crippen molar-refractivity contribution in [3.8, 4) is 6.07 Å². The van der Waals surface area contributed by atoms with Crippen molar-refractivity contribution in [1.82, 2.24) is 4.90 Å². The first-order chi connectivity index (χ1) is 17.2. The zero-order valence-electron chi connectivity index (χ0n) is 21.0. The lowest BCUT2D eigenvalue weighted by atomic mass is 9.88. The van der Waals surface area contributed by atoms with Gasteiger partial charge in [0.05, 0.1) is 22.2 Å². The van der Waals surface area contributed by atoms with E-state index in [9.17, 15) is 8.42 Å². The minimum Gasteiger partial charge on any atom is -0.378 e. The number of anilines is 2. The van der Waals surface area contributed by atoms with Crippen molar-refractivity contribution in [2.75, 3.05) is 36.8 Å². The Morgan fingerprint density at radius 2 is 1.67 bits per heavy atom. The zero-order valence-corrected chi connectivity index (χ0v) is 21.8. The van der Waals surface area contributed by atoms with E-state index in [0.717, 1.165) is 48.4 Å². The number of hydrogen-bond acceptors (Lipinski definition) is 5. The van der Waals surface area contributed by atoms with Crippen molar-refractivity contribution in [1.29, 1.82) is 5.26 Å². The SMILES string of the molecule is C=C(c1ccc(C)c(NS(=O)(=O)c2ccc(N(C)C)cc2)c1)N1CCC(c2ccc(C#N)cc2)CC1. The highest BCUT2D eigenvalue weighted by molar-refractivity contribution is 7.92. The van der Waals surface area contributed by atoms with Gasteiger partial charge in [0.25, 0.3) is 10.0 Å². The van der Waals surface area contributed by atoms with Crippen LogP contribution in [0.2, 0.25) is 0 Å². The van der Waals surface area contributed by atoms with Gasteiger partial charge >= 0.3 is 0 Å². The summed E-state index contributed by atoms with van der Waals surface area (Å²) in [5.41, 5.74) is 6.08. The highest BCUT2D eigenvalue weighted by Gasteiger charge is 2.23. The van der Waals surface area contributed by atoms with Crippen LogP contribution in [0.4, 0.5) is 11.4 Å². The number of aryl methyl sites for hydroxylation is 1. The second-order valence-electron chi connectivity index (χ2n) is 9.47. The number of benzene rings is 3. The van der Waals surface area contributed by atoms with Gasteiger partial charge in [0, 0.05) is 38.6 Å². The van der Waals surface area contributed by atoms with Gasteiger partial charge < -0.3 is 9.80 Å². The Morgan fingerprint density at radius 1 is 1.03 bits per heavy atom. The predicted octanol–water partition coefficient (Wildman–Crippen LogP) is 5.58. The lowest BCUT2D eigenvalue weighted by Crippen LogP contribution is -2.31. The number of piperidine rings is 1. The van der Waals surface area contributed by atoms with Gasteiger partial charge in [0.1, 0.15) is 0 Å². The second kappa shape index (κ2) is 10.5. The van der Waals surface area contributed by atoms with Crippen molar-refractivity contribution in [2.24, 2.45) is 0 Å². The lowest BCUT2D eigenvalue weighted by molar-refractivity contribution is 0.299. The predicted molar refractivity (Wildman–Crippen MR) is 146 cm³/mol. The fourth-order valence-corrected chi connectivity index (χ4v) is 5.66. The van der Waals surface area contributed by atoms with Crippen molar-refractivity contribution in [3.05, 3.63) is 95.6 Å². The molecule has 0 saturated carbocycles. The summed E-state index contributed by atoms with van der Waals surface area (Å²) in [6, 6.07) is 22.7. The van der Waals surface area contributed by atoms with Gasteiger partial charge in [-0.2, -0.15) is 5.26 Å². The summed E-state index contributed by atoms with van der Waals surface area (Å²) in [4.78, 5) is 4.42. The Balaban J connectivity index is 1.45. The van der Waals surface area contributed by atoms with Crippen LogP contribution in [0.5, 0.6) is 0 Å². The molecule has 1 saturated heterocycles. The van der Waals surface area contributed by atoms with Crippen LogP contribution in [0.25, 0.3) is 5.70 Å². The van der Waals surface area contributed by atoms with Crippen LogP contribution in [0, 0.1) is 18.3 Å². The molecular weight excluding hydrogens is 468 g/mol. The van der Waals surface area contributed by atoms with E-state index < -0.39 is 10.0 Å². The number of nitriles is 1. The molecule has 1 N–H and O–H groups in total. The third-order valence-electron chi connectivity index (χ3n) is 6.87. The molecule has 4 rings (SSSR count). The topological polar surface area (TPSA) is 76.4 Å². The number of nitrogens with zero attached hydrogens (tertiary/aromatic N) is 3. The first kappa shape index (κ1) is 25.3. The van der Waals surface area contributed by atoms with E-state index in [1.54, 1.807) is 24.3 Å². The molecular formula is C29H32N4O2S. The van der Waals surface area contributed by atoms with Gasteiger partial charge in [-0.3, -0.25) is 4.72 Å². The molecule has 0 unspecified atom stereocenters. The fraction of sp³-hybridized carbons (Fsp3) is 0.276. The maximum atomic E-state index is 13.1. The second-order valence-corrected chi connectivity index (χ2v) is 11.1. The smallest absolute Gasteiger partial charge is 0.261 e. The van der Waals surface area contributed by atoms with E-state index in [0.29, 0.717) is 17.2 Å². The summed E-state index contributed by atoms with van der Waals surface area (Å²) in [5, 5.41) is 9.02. The molecule has 3 aromatic rings. The number of likely N-dealkylation sites (tertiary alicyclic amines) is 1. The van der Waals surface area contributed by atoms with Gasteiger partial charge in [-0.1, -0.05) is 30.8 Å². The minimum absolute atomic E-state index is 0.224. The van der Waals surface area contributed by atoms with Crippen molar-refractivity contribution < 1.29 is 8.42 Å². The van der Waals surface area contributed by atoms with Crippen molar-refractivity contribution >= 4 is 27.1 Å². The minimum atomic E-state index is -3.72. The molecule has 1 fully saturated rings. The Bertz CT molecular complexity index is 1380. The van der Waals surface area contributed by atoms with Crippen LogP contribution in [0.3, 0.4) is 0 Å². The fourth-order valence-electron chi connectivity index (χ4n) is 4.53. The molecule has 0 spiro atoms. The molecule has 1 aliphatic heterocycles. The van der Waals surface area contributed by atoms with Gasteiger partial charge in [-0.15, -0.1) is 0 Å². The summed E-state index contributed by atoms with van der Waals surface area (Å²) >= 11 is 0. The number of sulfonamides is 1. The molecule has 3 aromatic carbocycles. The summed E-state index contributed by atoms with van der Waals surface area (Å²) in [5.74, 6) is 0.459. The standard InChI is InChI=1S/C29H32N4O2S/c1-21-5-8-26(19-29(21)31-36(34,35)28-13-11-27(12-14-28)32(3)4)22(2)33-17-15-25(16-18-33)24-9-6-23(20-30)7-10-24/h5-14,19,25,31H,2,15-18H2,1,3-4H3. The van der Waals surface area contributed by atoms with E-state index in [1.807, 2.05) is 56.3 Å². The molecule has 0 radical (unpaired) electrons. The van der Waals surface area contributed by atoms with E-state index in [-0.39, 0.29) is 4.90 Å². The largest absolute Gasteiger partial charge is 0.378 e. The van der Waals surface area contributed by atoms with E-state index in [2.05, 4.69) is 34.4 Å². The maximum Gasteiger partial charge on any atom is 0.261 e. The highest BCUT2D eigenvalue weighted by Crippen LogP contribution is 2.33. The zero-order chi connectivity index (χ0) is 25.9. The van der Waals surface area contributed by atoms with E-state index in [4.69, 9.17) is 5.26 Å². The molecule has 186 valence electrons. The number of rotatable bonds is 7. The van der Waals surface area contributed by atoms with Crippen LogP contribution < -0.4 is 9.62 Å². The number of hydrogen-bond donors (Lipinski definition) is 1. The Hall–Kier alpha value is -3.76. The molecule has 6 nitrogen and oxygen atoms in total. The summed E-state index contributed by atoms with van der Waals surface area (Å²) < 4.78 is 28.9. The molecule has 0 bridgehead atoms. The highest BCUT2D eigenvalue weighted by atomic mass is 32.2. The molecule has 0 aromatic heterocycles. The van der Waals surface area contributed by atoms with Gasteiger partial charge in [-0.25, -0.2) is 8.42 Å². The van der Waals surface area contributed by atoms with Gasteiger partial charge in [0.2, 0.25) is 0 Å². The van der Waals surface area contributed by atoms with Gasteiger partial charge in [0.15, 0.2) is 0 Å². The monoisotopic (exact) mass is 500 g/mol. The summed E-state index contributed by atoms with van der Waals surface area (Å²) in [6.45, 7) is 7.96. The Kier molecular flexibility index (Phi) is 7.37. The Morgan fingerprint density at radius 3 is 2.25 bits per heavy atom. The van der Waals surface area contributed by atoms with Crippen molar-refractivity contribution in [2.45, 2.75) is 30.6 Å². The first-order valence-electron chi connectivity index (χ1n) is 12.0. The third kappa shape index (κ3) is 5.55. The average Bonchev–Trinajstić information content (AvgIpc) is 2.89. The third-order valence-corrected chi connectivity index (χ3v) is 8.25. The van der Waals surface area contributed by atoms with E-state index >= 15 is 0 Å². The summed E-state index contributed by atoms with van der Waals surface area (Å²) in [7, 11) is 0.111. The molecule has 36 heavy (non-hydrogen) atoms. The van der Waals surface area contributed by atoms with Crippen LogP contribution in [0.15, 0.2) is 78.2 Å². The summed E-state index contributed by atoms with van der Waals surface area (Å²) in [6.07, 6.45) is 2.00. The maximum absolute atomic E-state index is 13.1. The molecule has 1 aliphatic rings. The quantitative estimate of drug-likeness (QED) is 0.458. The van der Waals surface area contributed by atoms with Crippen molar-refractivity contribution in [3.63, 3.8) is 0 Å². The molecule has 0 amide bonds. The van der Waals surface area contributed by atoms with E-state index in [1.165, 1.54) is 5.56 Å². The van der Waals surface area contributed by atoms with Crippen LogP contribution >= 0.6 is 0 Å². The molecule has 0 aliphatic carbocycles. The van der Waals surface area contributed by atoms with Crippen LogP contribution in [-0.2, 0) is 10.0 Å². The van der Waals surface area contributed by atoms with Gasteiger partial charge in [-0.05, 0) is 84.8 Å². The number of nitrogens with one attached hydrogen (secondary N) is 1. The Labute approximate surface area is 214 Å². The average molecular weight is 501 g/mol. The normalized spacial score (nSPS) is 14.2. The lowest BCUT2D eigenvalue weighted by Gasteiger charge is -2.35. The van der Waals surface area contributed by atoms with Crippen LogP contribution in [-0.4, -0.2) is 40.5 Å². The molecule has 1 heterocycles.